The summed E-state index contributed by atoms with van der Waals surface area (Å²) in [7, 11) is 1.67. The number of benzene rings is 2. The molecule has 2 aromatic carbocycles. The fourth-order valence-corrected chi connectivity index (χ4v) is 5.01. The van der Waals surface area contributed by atoms with Crippen LogP contribution in [0.3, 0.4) is 0 Å². The summed E-state index contributed by atoms with van der Waals surface area (Å²) in [4.78, 5) is 13.0. The Morgan fingerprint density at radius 1 is 1.10 bits per heavy atom. The van der Waals surface area contributed by atoms with Crippen LogP contribution in [0.15, 0.2) is 70.5 Å². The van der Waals surface area contributed by atoms with E-state index in [9.17, 15) is 4.79 Å². The van der Waals surface area contributed by atoms with E-state index >= 15 is 0 Å². The Morgan fingerprint density at radius 2 is 1.86 bits per heavy atom. The second kappa shape index (κ2) is 8.84. The van der Waals surface area contributed by atoms with Crippen molar-refractivity contribution >= 4 is 43.4 Å². The number of nitrogens with zero attached hydrogens (tertiary/aromatic N) is 1. The summed E-state index contributed by atoms with van der Waals surface area (Å²) < 4.78 is 9.64. The summed E-state index contributed by atoms with van der Waals surface area (Å²) in [6.45, 7) is 1.20. The van der Waals surface area contributed by atoms with Crippen molar-refractivity contribution in [3.63, 3.8) is 0 Å². The molecule has 4 nitrogen and oxygen atoms in total. The number of hydrogen-bond acceptors (Lipinski definition) is 3. The van der Waals surface area contributed by atoms with Gasteiger partial charge in [-0.15, -0.1) is 11.3 Å². The lowest BCUT2D eigenvalue weighted by atomic mass is 10.1. The van der Waals surface area contributed by atoms with Gasteiger partial charge in [-0.3, -0.25) is 4.79 Å². The first-order valence-electron chi connectivity index (χ1n) is 9.38. The van der Waals surface area contributed by atoms with Gasteiger partial charge in [-0.25, -0.2) is 0 Å². The molecule has 0 radical (unpaired) electrons. The molecule has 6 heteroatoms. The Hall–Kier alpha value is -2.57. The molecule has 0 spiro atoms. The van der Waals surface area contributed by atoms with Crippen LogP contribution in [0, 0.1) is 0 Å². The van der Waals surface area contributed by atoms with Crippen molar-refractivity contribution < 1.29 is 9.53 Å². The maximum atomic E-state index is 13.0. The molecule has 1 amide bonds. The molecule has 0 saturated heterocycles. The van der Waals surface area contributed by atoms with E-state index in [2.05, 4.69) is 44.0 Å². The third-order valence-electron chi connectivity index (χ3n) is 4.85. The number of methoxy groups -OCH3 is 1. The van der Waals surface area contributed by atoms with Crippen molar-refractivity contribution in [3.8, 4) is 5.75 Å². The maximum Gasteiger partial charge on any atom is 0.267 e. The van der Waals surface area contributed by atoms with Crippen LogP contribution in [0.4, 0.5) is 0 Å². The van der Waals surface area contributed by atoms with Crippen molar-refractivity contribution in [2.75, 3.05) is 13.7 Å². The van der Waals surface area contributed by atoms with Crippen LogP contribution in [0.5, 0.6) is 5.75 Å². The Labute approximate surface area is 182 Å². The fraction of sp³-hybridized carbons (Fsp3) is 0.174. The van der Waals surface area contributed by atoms with Crippen LogP contribution in [-0.4, -0.2) is 24.1 Å². The highest BCUT2D eigenvalue weighted by atomic mass is 79.9. The molecular weight excluding hydrogens is 448 g/mol. The number of hydrogen-bond donors (Lipinski definition) is 1. The van der Waals surface area contributed by atoms with Gasteiger partial charge < -0.3 is 14.6 Å². The number of fused-ring (bicyclic) bond motifs is 1. The number of carbonyl (C=O) groups excluding carboxylic acids is 1. The molecule has 0 unspecified atom stereocenters. The maximum absolute atomic E-state index is 13.0. The van der Waals surface area contributed by atoms with E-state index in [1.807, 2.05) is 48.5 Å². The molecule has 0 bridgehead atoms. The first kappa shape index (κ1) is 19.7. The number of carbonyl (C=O) groups is 1. The summed E-state index contributed by atoms with van der Waals surface area (Å²) >= 11 is 5.20. The Balaban J connectivity index is 1.54. The highest BCUT2D eigenvalue weighted by molar-refractivity contribution is 9.11. The van der Waals surface area contributed by atoms with E-state index in [1.54, 1.807) is 18.4 Å². The summed E-state index contributed by atoms with van der Waals surface area (Å²) in [5, 5.41) is 3.07. The third kappa shape index (κ3) is 4.38. The van der Waals surface area contributed by atoms with Crippen molar-refractivity contribution in [2.24, 2.45) is 0 Å². The topological polar surface area (TPSA) is 43.3 Å². The quantitative estimate of drug-likeness (QED) is 0.389. The average molecular weight is 469 g/mol. The summed E-state index contributed by atoms with van der Waals surface area (Å²) in [6, 6.07) is 22.2. The van der Waals surface area contributed by atoms with Crippen LogP contribution in [0.2, 0.25) is 0 Å². The lowest BCUT2D eigenvalue weighted by Gasteiger charge is -2.12. The molecule has 29 heavy (non-hydrogen) atoms. The second-order valence-electron chi connectivity index (χ2n) is 6.72. The van der Waals surface area contributed by atoms with Gasteiger partial charge in [0.1, 0.15) is 11.4 Å². The van der Waals surface area contributed by atoms with E-state index in [0.29, 0.717) is 18.8 Å². The minimum atomic E-state index is -0.0599. The zero-order valence-corrected chi connectivity index (χ0v) is 18.4. The van der Waals surface area contributed by atoms with Crippen LogP contribution in [0.1, 0.15) is 21.6 Å². The van der Waals surface area contributed by atoms with Gasteiger partial charge in [0.15, 0.2) is 0 Å². The third-order valence-corrected chi connectivity index (χ3v) is 6.42. The smallest absolute Gasteiger partial charge is 0.267 e. The van der Waals surface area contributed by atoms with Crippen molar-refractivity contribution in [3.05, 3.63) is 87.3 Å². The van der Waals surface area contributed by atoms with Crippen molar-refractivity contribution in [1.82, 2.24) is 9.88 Å². The van der Waals surface area contributed by atoms with E-state index in [1.165, 1.54) is 0 Å². The largest absolute Gasteiger partial charge is 0.496 e. The Morgan fingerprint density at radius 3 is 2.66 bits per heavy atom. The van der Waals surface area contributed by atoms with Gasteiger partial charge in [0.05, 0.1) is 21.1 Å². The summed E-state index contributed by atoms with van der Waals surface area (Å²) in [5.74, 6) is 0.787. The lowest BCUT2D eigenvalue weighted by molar-refractivity contribution is 0.0945. The molecule has 0 saturated carbocycles. The van der Waals surface area contributed by atoms with E-state index in [0.717, 1.165) is 37.3 Å². The zero-order chi connectivity index (χ0) is 20.2. The number of amides is 1. The molecule has 148 valence electrons. The van der Waals surface area contributed by atoms with Gasteiger partial charge in [0, 0.05) is 13.1 Å². The fourth-order valence-electron chi connectivity index (χ4n) is 3.45. The standard InChI is InChI=1S/C23H21BrN2O2S/c1-28-20-10-6-5-9-17(20)11-12-25-23(27)19-13-21-18(14-22(24)29-21)26(19)15-16-7-3-2-4-8-16/h2-10,13-14H,11-12,15H2,1H3,(H,25,27). The van der Waals surface area contributed by atoms with Crippen LogP contribution in [0.25, 0.3) is 10.2 Å². The first-order valence-corrected chi connectivity index (χ1v) is 11.0. The average Bonchev–Trinajstić information content (AvgIpc) is 3.26. The molecule has 0 atom stereocenters. The molecule has 0 fully saturated rings. The molecule has 0 aliphatic carbocycles. The highest BCUT2D eigenvalue weighted by Crippen LogP contribution is 2.33. The van der Waals surface area contributed by atoms with Gasteiger partial charge in [-0.2, -0.15) is 0 Å². The van der Waals surface area contributed by atoms with E-state index in [-0.39, 0.29) is 5.91 Å². The minimum absolute atomic E-state index is 0.0599. The van der Waals surface area contributed by atoms with E-state index < -0.39 is 0 Å². The monoisotopic (exact) mass is 468 g/mol. The predicted molar refractivity (Wildman–Crippen MR) is 122 cm³/mol. The number of halogens is 1. The van der Waals surface area contributed by atoms with Crippen LogP contribution >= 0.6 is 27.3 Å². The predicted octanol–water partition coefficient (Wildman–Crippen LogP) is 5.49. The van der Waals surface area contributed by atoms with Crippen molar-refractivity contribution in [1.29, 1.82) is 0 Å². The molecule has 0 aliphatic rings. The van der Waals surface area contributed by atoms with Gasteiger partial charge in [-0.1, -0.05) is 48.5 Å². The molecular formula is C23H21BrN2O2S. The number of nitrogens with one attached hydrogen (secondary N) is 1. The van der Waals surface area contributed by atoms with Crippen molar-refractivity contribution in [2.45, 2.75) is 13.0 Å². The molecule has 0 aliphatic heterocycles. The Kier molecular flexibility index (Phi) is 6.02. The summed E-state index contributed by atoms with van der Waals surface area (Å²) in [6.07, 6.45) is 0.717. The van der Waals surface area contributed by atoms with E-state index in [4.69, 9.17) is 4.74 Å². The number of aromatic nitrogens is 1. The SMILES string of the molecule is COc1ccccc1CCNC(=O)c1cc2sc(Br)cc2n1Cc1ccccc1. The normalized spacial score (nSPS) is 11.0. The Bertz CT molecular complexity index is 1130. The summed E-state index contributed by atoms with van der Waals surface area (Å²) in [5.41, 5.74) is 4.00. The lowest BCUT2D eigenvalue weighted by Crippen LogP contribution is -2.28. The van der Waals surface area contributed by atoms with Crippen LogP contribution in [-0.2, 0) is 13.0 Å². The van der Waals surface area contributed by atoms with Gasteiger partial charge in [0.2, 0.25) is 0 Å². The second-order valence-corrected chi connectivity index (χ2v) is 9.18. The zero-order valence-electron chi connectivity index (χ0n) is 16.0. The van der Waals surface area contributed by atoms with Gasteiger partial charge in [0.25, 0.3) is 5.91 Å². The van der Waals surface area contributed by atoms with Gasteiger partial charge >= 0.3 is 0 Å². The highest BCUT2D eigenvalue weighted by Gasteiger charge is 2.18. The van der Waals surface area contributed by atoms with Gasteiger partial charge in [-0.05, 0) is 51.7 Å². The number of rotatable bonds is 7. The number of para-hydroxylation sites is 1. The van der Waals surface area contributed by atoms with Crippen LogP contribution < -0.4 is 10.1 Å². The number of ether oxygens (including phenoxy) is 1. The molecule has 2 heterocycles. The molecule has 2 aromatic heterocycles. The molecule has 1 N–H and O–H groups in total. The first-order chi connectivity index (χ1) is 14.2. The minimum Gasteiger partial charge on any atom is -0.496 e. The molecule has 4 rings (SSSR count). The number of thiophene rings is 1. The molecule has 4 aromatic rings.